The van der Waals surface area contributed by atoms with Crippen LogP contribution in [0.3, 0.4) is 0 Å². The van der Waals surface area contributed by atoms with Crippen LogP contribution in [0.1, 0.15) is 67.1 Å². The lowest BCUT2D eigenvalue weighted by Gasteiger charge is -2.12. The topological polar surface area (TPSA) is 144 Å². The lowest BCUT2D eigenvalue weighted by molar-refractivity contribution is -0.138. The van der Waals surface area contributed by atoms with E-state index in [4.69, 9.17) is 0 Å². The predicted octanol–water partition coefficient (Wildman–Crippen LogP) is 2.88. The molecule has 0 unspecified atom stereocenters. The van der Waals surface area contributed by atoms with E-state index in [2.05, 4.69) is 9.05 Å². The van der Waals surface area contributed by atoms with Crippen molar-refractivity contribution in [1.82, 2.24) is 9.80 Å². The number of rotatable bonds is 10. The minimum atomic E-state index is -3.07. The molecule has 4 rings (SSSR count). The Bertz CT molecular complexity index is 1140. The predicted molar refractivity (Wildman–Crippen MR) is 122 cm³/mol. The Kier molecular flexibility index (Phi) is 7.30. The van der Waals surface area contributed by atoms with Crippen molar-refractivity contribution in [3.05, 3.63) is 70.8 Å². The number of carbonyl (C=O) groups is 6. The lowest BCUT2D eigenvalue weighted by atomic mass is 10.1. The molecule has 4 amide bonds. The summed E-state index contributed by atoms with van der Waals surface area (Å²) in [5, 5.41) is 0. The number of fused-ring (bicyclic) bond motifs is 2. The van der Waals surface area contributed by atoms with Crippen LogP contribution in [0, 0.1) is 0 Å². The second-order valence-electron chi connectivity index (χ2n) is 7.97. The fourth-order valence-electron chi connectivity index (χ4n) is 3.92. The summed E-state index contributed by atoms with van der Waals surface area (Å²) < 4.78 is 21.0. The lowest BCUT2D eigenvalue weighted by Crippen LogP contribution is -2.31. The number of hydrogen-bond donors (Lipinski definition) is 0. The van der Waals surface area contributed by atoms with E-state index in [1.807, 2.05) is 0 Å². The number of imide groups is 2. The summed E-state index contributed by atoms with van der Waals surface area (Å²) in [6.45, 7) is -0.0638. The molecule has 2 aromatic carbocycles. The summed E-state index contributed by atoms with van der Waals surface area (Å²) in [7, 11) is -3.07. The minimum Gasteiger partial charge on any atom is -0.274 e. The Morgan fingerprint density at radius 2 is 0.917 bits per heavy atom. The van der Waals surface area contributed by atoms with Crippen LogP contribution in [-0.2, 0) is 23.2 Å². The molecule has 0 fully saturated rings. The van der Waals surface area contributed by atoms with Crippen LogP contribution in [0.15, 0.2) is 48.5 Å². The highest BCUT2D eigenvalue weighted by Gasteiger charge is 2.37. The summed E-state index contributed by atoms with van der Waals surface area (Å²) in [5.74, 6) is -3.66. The van der Waals surface area contributed by atoms with Crippen molar-refractivity contribution in [2.24, 2.45) is 0 Å². The Labute approximate surface area is 205 Å². The van der Waals surface area contributed by atoms with Gasteiger partial charge in [0, 0.05) is 17.7 Å². The highest BCUT2D eigenvalue weighted by molar-refractivity contribution is 7.34. The molecule has 0 radical (unpaired) electrons. The van der Waals surface area contributed by atoms with Gasteiger partial charge in [-0.2, -0.15) is 9.05 Å². The van der Waals surface area contributed by atoms with Crippen molar-refractivity contribution in [2.45, 2.75) is 25.7 Å². The molecule has 0 aromatic heterocycles. The molecule has 36 heavy (non-hydrogen) atoms. The van der Waals surface area contributed by atoms with Crippen LogP contribution in [0.4, 0.5) is 0 Å². The van der Waals surface area contributed by atoms with Crippen molar-refractivity contribution < 1.29 is 42.4 Å². The Morgan fingerprint density at radius 1 is 0.611 bits per heavy atom. The van der Waals surface area contributed by atoms with E-state index in [1.165, 1.54) is 0 Å². The van der Waals surface area contributed by atoms with Crippen molar-refractivity contribution in [3.8, 4) is 0 Å². The first kappa shape index (κ1) is 24.9. The minimum absolute atomic E-state index is 0.0319. The highest BCUT2D eigenvalue weighted by Crippen LogP contribution is 2.27. The van der Waals surface area contributed by atoms with Gasteiger partial charge >= 0.3 is 20.2 Å². The number of carbonyl (C=O) groups excluding carboxylic acids is 6. The SMILES string of the molecule is O=C(CCCN1C(=O)c2ccccc2C1=O)O[P+](=O)OC(=O)CCCN1C(=O)c2ccccc2C1=O. The van der Waals surface area contributed by atoms with Gasteiger partial charge in [0.25, 0.3) is 23.6 Å². The summed E-state index contributed by atoms with van der Waals surface area (Å²) in [6, 6.07) is 12.8. The van der Waals surface area contributed by atoms with Crippen molar-refractivity contribution in [2.75, 3.05) is 13.1 Å². The van der Waals surface area contributed by atoms with Gasteiger partial charge in [-0.1, -0.05) is 24.3 Å². The summed E-state index contributed by atoms with van der Waals surface area (Å²) in [6.07, 6.45) is -0.374. The Morgan fingerprint density at radius 3 is 1.22 bits per heavy atom. The third-order valence-electron chi connectivity index (χ3n) is 5.63. The molecule has 0 saturated heterocycles. The number of benzene rings is 2. The van der Waals surface area contributed by atoms with Crippen LogP contribution >= 0.6 is 8.25 Å². The largest absolute Gasteiger partial charge is 0.811 e. The van der Waals surface area contributed by atoms with Gasteiger partial charge in [-0.3, -0.25) is 29.0 Å². The van der Waals surface area contributed by atoms with Gasteiger partial charge < -0.3 is 0 Å². The third kappa shape index (κ3) is 5.06. The smallest absolute Gasteiger partial charge is 0.274 e. The van der Waals surface area contributed by atoms with E-state index in [0.717, 1.165) is 9.80 Å². The van der Waals surface area contributed by atoms with Crippen LogP contribution in [-0.4, -0.2) is 58.5 Å². The first-order valence-corrected chi connectivity index (χ1v) is 12.2. The van der Waals surface area contributed by atoms with E-state index in [9.17, 15) is 33.3 Å². The molecule has 0 bridgehead atoms. The molecule has 2 aliphatic rings. The van der Waals surface area contributed by atoms with Gasteiger partial charge in [0.2, 0.25) is 0 Å². The zero-order valence-corrected chi connectivity index (χ0v) is 19.8. The fraction of sp³-hybridized carbons (Fsp3) is 0.250. The summed E-state index contributed by atoms with van der Waals surface area (Å²) in [5.41, 5.74) is 1.18. The molecule has 0 saturated carbocycles. The van der Waals surface area contributed by atoms with Crippen LogP contribution in [0.5, 0.6) is 0 Å². The molecule has 0 N–H and O–H groups in total. The zero-order valence-electron chi connectivity index (χ0n) is 18.9. The van der Waals surface area contributed by atoms with Crippen molar-refractivity contribution in [1.29, 1.82) is 0 Å². The standard InChI is InChI=1S/C24H20N2O9P/c27-19(11-5-13-25-21(29)15-7-1-2-8-16(15)22(25)30)34-36(33)35-20(28)12-6-14-26-23(31)17-9-3-4-10-18(17)24(26)32/h1-4,7-10H,5-6,11-14H2/q+1. The maximum Gasteiger partial charge on any atom is 0.811 e. The molecule has 2 aliphatic heterocycles. The average molecular weight is 511 g/mol. The molecule has 184 valence electrons. The molecule has 0 spiro atoms. The first-order chi connectivity index (χ1) is 17.3. The van der Waals surface area contributed by atoms with E-state index in [0.29, 0.717) is 22.3 Å². The highest BCUT2D eigenvalue weighted by atomic mass is 31.1. The normalized spacial score (nSPS) is 14.1. The Hall–Kier alpha value is -4.24. The number of nitrogens with zero attached hydrogens (tertiary/aromatic N) is 2. The molecular formula is C24H20N2O9P+. The molecule has 2 heterocycles. The molecule has 12 heteroatoms. The maximum atomic E-state index is 12.3. The van der Waals surface area contributed by atoms with Gasteiger partial charge in [0.1, 0.15) is 0 Å². The molecule has 0 aliphatic carbocycles. The Balaban J connectivity index is 1.14. The molecule has 11 nitrogen and oxygen atoms in total. The van der Waals surface area contributed by atoms with Crippen LogP contribution < -0.4 is 0 Å². The van der Waals surface area contributed by atoms with Gasteiger partial charge in [-0.25, -0.2) is 9.59 Å². The van der Waals surface area contributed by atoms with E-state index < -0.39 is 43.8 Å². The van der Waals surface area contributed by atoms with E-state index in [-0.39, 0.29) is 38.8 Å². The van der Waals surface area contributed by atoms with Crippen molar-refractivity contribution >= 4 is 43.8 Å². The second-order valence-corrected chi connectivity index (χ2v) is 8.78. The monoisotopic (exact) mass is 511 g/mol. The fourth-order valence-corrected chi connectivity index (χ4v) is 4.48. The van der Waals surface area contributed by atoms with E-state index in [1.54, 1.807) is 48.5 Å². The number of amides is 4. The molecular weight excluding hydrogens is 491 g/mol. The van der Waals surface area contributed by atoms with Gasteiger partial charge in [-0.15, -0.1) is 0 Å². The maximum absolute atomic E-state index is 12.3. The van der Waals surface area contributed by atoms with Crippen LogP contribution in [0.25, 0.3) is 0 Å². The first-order valence-electron chi connectivity index (χ1n) is 11.1. The van der Waals surface area contributed by atoms with Gasteiger partial charge in [-0.05, 0) is 37.1 Å². The molecule has 0 atom stereocenters. The van der Waals surface area contributed by atoms with E-state index >= 15 is 0 Å². The van der Waals surface area contributed by atoms with Crippen LogP contribution in [0.2, 0.25) is 0 Å². The third-order valence-corrected chi connectivity index (χ3v) is 6.34. The second kappa shape index (κ2) is 10.6. The van der Waals surface area contributed by atoms with Gasteiger partial charge in [0.05, 0.1) is 35.1 Å². The molecule has 2 aromatic rings. The van der Waals surface area contributed by atoms with Gasteiger partial charge in [0.15, 0.2) is 0 Å². The summed E-state index contributed by atoms with van der Waals surface area (Å²) >= 11 is 0. The summed E-state index contributed by atoms with van der Waals surface area (Å²) in [4.78, 5) is 75.0. The number of hydrogen-bond acceptors (Lipinski definition) is 9. The average Bonchev–Trinajstić information content (AvgIpc) is 3.24. The van der Waals surface area contributed by atoms with Crippen molar-refractivity contribution in [3.63, 3.8) is 0 Å². The quantitative estimate of drug-likeness (QED) is 0.347. The zero-order chi connectivity index (χ0) is 25.8.